The van der Waals surface area contributed by atoms with Gasteiger partial charge in [-0.25, -0.2) is 0 Å². The molecule has 2 N–H and O–H groups in total. The van der Waals surface area contributed by atoms with Crippen LogP contribution in [0, 0.1) is 0 Å². The SMILES string of the molecule is CC(=O)Nc1ccc(OC2(C)CNC2)cc1. The fourth-order valence-electron chi connectivity index (χ4n) is 1.64. The summed E-state index contributed by atoms with van der Waals surface area (Å²) in [5.74, 6) is 0.766. The number of amides is 1. The molecule has 0 spiro atoms. The van der Waals surface area contributed by atoms with Gasteiger partial charge in [-0.15, -0.1) is 0 Å². The molecule has 2 rings (SSSR count). The highest BCUT2D eigenvalue weighted by atomic mass is 16.5. The first-order chi connectivity index (χ1) is 7.57. The summed E-state index contributed by atoms with van der Waals surface area (Å²) in [6.45, 7) is 5.32. The van der Waals surface area contributed by atoms with Gasteiger partial charge in [0, 0.05) is 25.7 Å². The van der Waals surface area contributed by atoms with Crippen LogP contribution in [0.15, 0.2) is 24.3 Å². The summed E-state index contributed by atoms with van der Waals surface area (Å²) in [4.78, 5) is 10.8. The first-order valence-corrected chi connectivity index (χ1v) is 5.35. The lowest BCUT2D eigenvalue weighted by Crippen LogP contribution is -2.60. The average molecular weight is 220 g/mol. The van der Waals surface area contributed by atoms with Crippen LogP contribution in [0.3, 0.4) is 0 Å². The van der Waals surface area contributed by atoms with Crippen LogP contribution >= 0.6 is 0 Å². The molecule has 0 aromatic heterocycles. The summed E-state index contributed by atoms with van der Waals surface area (Å²) in [6, 6.07) is 7.42. The van der Waals surface area contributed by atoms with E-state index in [1.807, 2.05) is 24.3 Å². The first kappa shape index (κ1) is 11.0. The van der Waals surface area contributed by atoms with E-state index in [2.05, 4.69) is 17.6 Å². The van der Waals surface area contributed by atoms with Gasteiger partial charge in [-0.1, -0.05) is 0 Å². The van der Waals surface area contributed by atoms with Crippen LogP contribution in [0.25, 0.3) is 0 Å². The van der Waals surface area contributed by atoms with E-state index in [0.717, 1.165) is 24.5 Å². The smallest absolute Gasteiger partial charge is 0.221 e. The third kappa shape index (κ3) is 2.52. The van der Waals surface area contributed by atoms with Crippen molar-refractivity contribution in [3.8, 4) is 5.75 Å². The van der Waals surface area contributed by atoms with Crippen molar-refractivity contribution in [2.24, 2.45) is 0 Å². The molecule has 0 bridgehead atoms. The summed E-state index contributed by atoms with van der Waals surface area (Å²) >= 11 is 0. The second-order valence-electron chi connectivity index (χ2n) is 4.36. The highest BCUT2D eigenvalue weighted by Gasteiger charge is 2.33. The van der Waals surface area contributed by atoms with Crippen molar-refractivity contribution < 1.29 is 9.53 Å². The Bertz CT molecular complexity index is 383. The zero-order chi connectivity index (χ0) is 11.6. The number of carbonyl (C=O) groups excluding carboxylic acids is 1. The number of carbonyl (C=O) groups is 1. The van der Waals surface area contributed by atoms with Gasteiger partial charge < -0.3 is 15.4 Å². The van der Waals surface area contributed by atoms with E-state index < -0.39 is 0 Å². The number of hydrogen-bond donors (Lipinski definition) is 2. The van der Waals surface area contributed by atoms with Crippen molar-refractivity contribution >= 4 is 11.6 Å². The number of anilines is 1. The number of nitrogens with one attached hydrogen (secondary N) is 2. The lowest BCUT2D eigenvalue weighted by molar-refractivity contribution is -0.114. The Morgan fingerprint density at radius 1 is 1.38 bits per heavy atom. The number of hydrogen-bond acceptors (Lipinski definition) is 3. The maximum Gasteiger partial charge on any atom is 0.221 e. The van der Waals surface area contributed by atoms with E-state index >= 15 is 0 Å². The van der Waals surface area contributed by atoms with Gasteiger partial charge in [0.1, 0.15) is 11.4 Å². The molecule has 4 nitrogen and oxygen atoms in total. The molecule has 1 aromatic carbocycles. The molecule has 1 saturated heterocycles. The van der Waals surface area contributed by atoms with Gasteiger partial charge >= 0.3 is 0 Å². The predicted molar refractivity (Wildman–Crippen MR) is 62.6 cm³/mol. The molecule has 0 aliphatic carbocycles. The minimum Gasteiger partial charge on any atom is -0.485 e. The summed E-state index contributed by atoms with van der Waals surface area (Å²) < 4.78 is 5.82. The van der Waals surface area contributed by atoms with Crippen molar-refractivity contribution in [1.82, 2.24) is 5.32 Å². The molecule has 16 heavy (non-hydrogen) atoms. The van der Waals surface area contributed by atoms with E-state index in [1.54, 1.807) is 0 Å². The highest BCUT2D eigenvalue weighted by Crippen LogP contribution is 2.23. The molecule has 86 valence electrons. The Hall–Kier alpha value is -1.55. The van der Waals surface area contributed by atoms with Crippen molar-refractivity contribution in [3.63, 3.8) is 0 Å². The third-order valence-electron chi connectivity index (χ3n) is 2.54. The molecule has 0 unspecified atom stereocenters. The fourth-order valence-corrected chi connectivity index (χ4v) is 1.64. The summed E-state index contributed by atoms with van der Waals surface area (Å²) in [6.07, 6.45) is 0. The Morgan fingerprint density at radius 3 is 2.44 bits per heavy atom. The Labute approximate surface area is 95.0 Å². The topological polar surface area (TPSA) is 50.4 Å². The van der Waals surface area contributed by atoms with Crippen LogP contribution in [0.5, 0.6) is 5.75 Å². The number of benzene rings is 1. The normalized spacial score (nSPS) is 17.4. The van der Waals surface area contributed by atoms with Crippen molar-refractivity contribution in [2.45, 2.75) is 19.4 Å². The van der Waals surface area contributed by atoms with Gasteiger partial charge in [0.2, 0.25) is 5.91 Å². The highest BCUT2D eigenvalue weighted by molar-refractivity contribution is 5.88. The van der Waals surface area contributed by atoms with Crippen LogP contribution in [0.4, 0.5) is 5.69 Å². The van der Waals surface area contributed by atoms with Crippen LogP contribution < -0.4 is 15.4 Å². The molecule has 1 heterocycles. The van der Waals surface area contributed by atoms with Crippen molar-refractivity contribution in [3.05, 3.63) is 24.3 Å². The maximum absolute atomic E-state index is 10.8. The van der Waals surface area contributed by atoms with Gasteiger partial charge in [-0.2, -0.15) is 0 Å². The molecular formula is C12H16N2O2. The van der Waals surface area contributed by atoms with Crippen molar-refractivity contribution in [2.75, 3.05) is 18.4 Å². The molecule has 1 aromatic rings. The number of rotatable bonds is 3. The fraction of sp³-hybridized carbons (Fsp3) is 0.417. The molecule has 0 atom stereocenters. The Kier molecular flexibility index (Phi) is 2.83. The maximum atomic E-state index is 10.8. The number of ether oxygens (including phenoxy) is 1. The van der Waals surface area contributed by atoms with Crippen LogP contribution in [0.2, 0.25) is 0 Å². The summed E-state index contributed by atoms with van der Waals surface area (Å²) in [5.41, 5.74) is 0.701. The zero-order valence-electron chi connectivity index (χ0n) is 9.54. The average Bonchev–Trinajstić information content (AvgIpc) is 2.18. The van der Waals surface area contributed by atoms with Crippen LogP contribution in [-0.4, -0.2) is 24.6 Å². The standard InChI is InChI=1S/C12H16N2O2/c1-9(15)14-10-3-5-11(6-4-10)16-12(2)7-13-8-12/h3-6,13H,7-8H2,1-2H3,(H,14,15). The van der Waals surface area contributed by atoms with E-state index in [9.17, 15) is 4.79 Å². The first-order valence-electron chi connectivity index (χ1n) is 5.35. The third-order valence-corrected chi connectivity index (χ3v) is 2.54. The van der Waals surface area contributed by atoms with E-state index in [1.165, 1.54) is 6.92 Å². The lowest BCUT2D eigenvalue weighted by Gasteiger charge is -2.39. The minimum absolute atomic E-state index is 0.0659. The summed E-state index contributed by atoms with van der Waals surface area (Å²) in [5, 5.41) is 5.89. The van der Waals surface area contributed by atoms with E-state index in [0.29, 0.717) is 0 Å². The van der Waals surface area contributed by atoms with Gasteiger partial charge in [-0.3, -0.25) is 4.79 Å². The van der Waals surface area contributed by atoms with Crippen molar-refractivity contribution in [1.29, 1.82) is 0 Å². The quantitative estimate of drug-likeness (QED) is 0.809. The second kappa shape index (κ2) is 4.14. The Balaban J connectivity index is 1.99. The van der Waals surface area contributed by atoms with Gasteiger partial charge in [-0.05, 0) is 31.2 Å². The van der Waals surface area contributed by atoms with Crippen LogP contribution in [-0.2, 0) is 4.79 Å². The molecule has 4 heteroatoms. The largest absolute Gasteiger partial charge is 0.485 e. The second-order valence-corrected chi connectivity index (χ2v) is 4.36. The Morgan fingerprint density at radius 2 is 2.00 bits per heavy atom. The molecule has 0 radical (unpaired) electrons. The molecule has 1 amide bonds. The minimum atomic E-state index is -0.0878. The summed E-state index contributed by atoms with van der Waals surface area (Å²) in [7, 11) is 0. The van der Waals surface area contributed by atoms with Gasteiger partial charge in [0.25, 0.3) is 0 Å². The predicted octanol–water partition coefficient (Wildman–Crippen LogP) is 1.39. The monoisotopic (exact) mass is 220 g/mol. The van der Waals surface area contributed by atoms with E-state index in [-0.39, 0.29) is 11.5 Å². The van der Waals surface area contributed by atoms with E-state index in [4.69, 9.17) is 4.74 Å². The zero-order valence-corrected chi connectivity index (χ0v) is 9.54. The molecule has 0 saturated carbocycles. The lowest BCUT2D eigenvalue weighted by atomic mass is 10.00. The molecule has 1 aliphatic heterocycles. The molecule has 1 fully saturated rings. The van der Waals surface area contributed by atoms with Crippen LogP contribution in [0.1, 0.15) is 13.8 Å². The molecular weight excluding hydrogens is 204 g/mol. The van der Waals surface area contributed by atoms with Gasteiger partial charge in [0.15, 0.2) is 0 Å². The molecule has 1 aliphatic rings. The van der Waals surface area contributed by atoms with Gasteiger partial charge in [0.05, 0.1) is 0 Å².